The normalized spacial score (nSPS) is 19.3. The first-order chi connectivity index (χ1) is 8.51. The Morgan fingerprint density at radius 1 is 1.17 bits per heavy atom. The summed E-state index contributed by atoms with van der Waals surface area (Å²) in [6, 6.07) is 0. The number of piperidine rings is 1. The summed E-state index contributed by atoms with van der Waals surface area (Å²) in [7, 11) is 0. The zero-order chi connectivity index (χ0) is 13.4. The molecule has 0 aromatic carbocycles. The van der Waals surface area contributed by atoms with E-state index in [1.807, 2.05) is 4.90 Å². The van der Waals surface area contributed by atoms with E-state index in [1.54, 1.807) is 0 Å². The van der Waals surface area contributed by atoms with Gasteiger partial charge in [0, 0.05) is 26.2 Å². The molecule has 0 bridgehead atoms. The van der Waals surface area contributed by atoms with Crippen LogP contribution in [0.2, 0.25) is 0 Å². The van der Waals surface area contributed by atoms with Crippen LogP contribution >= 0.6 is 0 Å². The Morgan fingerprint density at radius 2 is 1.83 bits per heavy atom. The maximum atomic E-state index is 11.8. The van der Waals surface area contributed by atoms with E-state index in [4.69, 9.17) is 10.5 Å². The Kier molecular flexibility index (Phi) is 6.91. The van der Waals surface area contributed by atoms with Gasteiger partial charge in [-0.3, -0.25) is 4.74 Å². The molecule has 0 amide bonds. The molecule has 1 aliphatic heterocycles. The van der Waals surface area contributed by atoms with Crippen LogP contribution in [0.15, 0.2) is 0 Å². The monoisotopic (exact) mass is 270 g/mol. The highest BCUT2D eigenvalue weighted by molar-refractivity contribution is 4.72. The Hall–Kier alpha value is -0.370. The van der Waals surface area contributed by atoms with Crippen LogP contribution in [-0.2, 0) is 9.47 Å². The first kappa shape index (κ1) is 15.7. The summed E-state index contributed by atoms with van der Waals surface area (Å²) in [6.45, 7) is 2.81. The summed E-state index contributed by atoms with van der Waals surface area (Å²) < 4.78 is 44.7. The maximum absolute atomic E-state index is 11.8. The minimum Gasteiger partial charge on any atom is -0.378 e. The van der Waals surface area contributed by atoms with Crippen molar-refractivity contribution in [2.45, 2.75) is 31.7 Å². The van der Waals surface area contributed by atoms with Gasteiger partial charge in [-0.2, -0.15) is 0 Å². The highest BCUT2D eigenvalue weighted by Gasteiger charge is 2.29. The number of nitrogens with two attached hydrogens (primary N) is 1. The standard InChI is InChI=1S/C11H21F3N2O2/c12-11(13,14)18-9-7-16-5-2-10(3-6-16)17-8-1-4-15/h10H,1-9,15H2. The number of nitrogens with zero attached hydrogens (tertiary/aromatic N) is 1. The van der Waals surface area contributed by atoms with Crippen LogP contribution in [-0.4, -0.2) is 56.8 Å². The lowest BCUT2D eigenvalue weighted by Gasteiger charge is -2.31. The van der Waals surface area contributed by atoms with Crippen molar-refractivity contribution in [3.63, 3.8) is 0 Å². The SMILES string of the molecule is NCCCOC1CCN(CCOC(F)(F)F)CC1. The van der Waals surface area contributed by atoms with Crippen LogP contribution in [0.4, 0.5) is 13.2 Å². The van der Waals surface area contributed by atoms with Gasteiger partial charge in [0.25, 0.3) is 0 Å². The molecule has 0 aliphatic carbocycles. The molecule has 1 saturated heterocycles. The van der Waals surface area contributed by atoms with E-state index in [0.29, 0.717) is 19.7 Å². The van der Waals surface area contributed by atoms with Crippen molar-refractivity contribution in [2.24, 2.45) is 5.73 Å². The lowest BCUT2D eigenvalue weighted by molar-refractivity contribution is -0.325. The second-order valence-electron chi connectivity index (χ2n) is 4.35. The lowest BCUT2D eigenvalue weighted by Crippen LogP contribution is -2.39. The van der Waals surface area contributed by atoms with Crippen LogP contribution in [0, 0.1) is 0 Å². The molecular weight excluding hydrogens is 249 g/mol. The van der Waals surface area contributed by atoms with E-state index in [-0.39, 0.29) is 12.7 Å². The fourth-order valence-electron chi connectivity index (χ4n) is 1.92. The summed E-state index contributed by atoms with van der Waals surface area (Å²) >= 11 is 0. The Balaban J connectivity index is 2.04. The molecule has 1 fully saturated rings. The number of rotatable bonds is 7. The number of ether oxygens (including phenoxy) is 2. The zero-order valence-electron chi connectivity index (χ0n) is 10.4. The lowest BCUT2D eigenvalue weighted by atomic mass is 10.1. The molecule has 2 N–H and O–H groups in total. The molecule has 0 atom stereocenters. The summed E-state index contributed by atoms with van der Waals surface area (Å²) in [4.78, 5) is 1.97. The molecule has 1 aliphatic rings. The summed E-state index contributed by atoms with van der Waals surface area (Å²) in [5, 5.41) is 0. The van der Waals surface area contributed by atoms with Crippen molar-refractivity contribution >= 4 is 0 Å². The molecule has 108 valence electrons. The summed E-state index contributed by atoms with van der Waals surface area (Å²) in [5.41, 5.74) is 5.36. The van der Waals surface area contributed by atoms with Crippen LogP contribution in [0.5, 0.6) is 0 Å². The maximum Gasteiger partial charge on any atom is 0.522 e. The molecule has 18 heavy (non-hydrogen) atoms. The Morgan fingerprint density at radius 3 is 2.39 bits per heavy atom. The zero-order valence-corrected chi connectivity index (χ0v) is 10.4. The number of likely N-dealkylation sites (tertiary alicyclic amines) is 1. The smallest absolute Gasteiger partial charge is 0.378 e. The Labute approximate surface area is 105 Å². The fraction of sp³-hybridized carbons (Fsp3) is 1.00. The molecule has 0 radical (unpaired) electrons. The molecule has 0 unspecified atom stereocenters. The topological polar surface area (TPSA) is 47.7 Å². The second-order valence-corrected chi connectivity index (χ2v) is 4.35. The van der Waals surface area contributed by atoms with Gasteiger partial charge in [-0.25, -0.2) is 0 Å². The van der Waals surface area contributed by atoms with Crippen LogP contribution in [0.25, 0.3) is 0 Å². The largest absolute Gasteiger partial charge is 0.522 e. The van der Waals surface area contributed by atoms with Gasteiger partial charge < -0.3 is 15.4 Å². The van der Waals surface area contributed by atoms with Crippen LogP contribution < -0.4 is 5.73 Å². The van der Waals surface area contributed by atoms with Crippen molar-refractivity contribution in [2.75, 3.05) is 39.4 Å². The van der Waals surface area contributed by atoms with E-state index >= 15 is 0 Å². The van der Waals surface area contributed by atoms with Crippen molar-refractivity contribution in [1.29, 1.82) is 0 Å². The van der Waals surface area contributed by atoms with E-state index in [9.17, 15) is 13.2 Å². The molecule has 0 spiro atoms. The second kappa shape index (κ2) is 7.93. The van der Waals surface area contributed by atoms with Gasteiger partial charge in [0.1, 0.15) is 0 Å². The highest BCUT2D eigenvalue weighted by atomic mass is 19.4. The number of hydrogen-bond acceptors (Lipinski definition) is 4. The van der Waals surface area contributed by atoms with E-state index in [2.05, 4.69) is 4.74 Å². The first-order valence-electron chi connectivity index (χ1n) is 6.26. The van der Waals surface area contributed by atoms with Crippen LogP contribution in [0.1, 0.15) is 19.3 Å². The molecule has 1 heterocycles. The van der Waals surface area contributed by atoms with E-state index in [0.717, 1.165) is 32.4 Å². The third-order valence-corrected chi connectivity index (χ3v) is 2.91. The fourth-order valence-corrected chi connectivity index (χ4v) is 1.92. The molecular formula is C11H21F3N2O2. The van der Waals surface area contributed by atoms with Gasteiger partial charge in [-0.05, 0) is 25.8 Å². The van der Waals surface area contributed by atoms with E-state index in [1.165, 1.54) is 0 Å². The minimum atomic E-state index is -4.52. The van der Waals surface area contributed by atoms with Crippen molar-refractivity contribution in [1.82, 2.24) is 4.90 Å². The van der Waals surface area contributed by atoms with Gasteiger partial charge in [0.05, 0.1) is 12.7 Å². The molecule has 0 aromatic heterocycles. The highest BCUT2D eigenvalue weighted by Crippen LogP contribution is 2.17. The van der Waals surface area contributed by atoms with Gasteiger partial charge >= 0.3 is 6.36 Å². The molecule has 1 rings (SSSR count). The molecule has 0 aromatic rings. The predicted octanol–water partition coefficient (Wildman–Crippen LogP) is 1.35. The number of hydrogen-bond donors (Lipinski definition) is 1. The number of alkyl halides is 3. The average Bonchev–Trinajstić information content (AvgIpc) is 2.30. The van der Waals surface area contributed by atoms with Crippen molar-refractivity contribution in [3.05, 3.63) is 0 Å². The van der Waals surface area contributed by atoms with Gasteiger partial charge in [-0.15, -0.1) is 13.2 Å². The van der Waals surface area contributed by atoms with Gasteiger partial charge in [0.15, 0.2) is 0 Å². The van der Waals surface area contributed by atoms with Crippen LogP contribution in [0.3, 0.4) is 0 Å². The predicted molar refractivity (Wildman–Crippen MR) is 61.1 cm³/mol. The third kappa shape index (κ3) is 7.15. The minimum absolute atomic E-state index is 0.219. The van der Waals surface area contributed by atoms with Crippen molar-refractivity contribution in [3.8, 4) is 0 Å². The number of halogens is 3. The Bertz CT molecular complexity index is 219. The summed E-state index contributed by atoms with van der Waals surface area (Å²) in [6.07, 6.45) is -1.74. The van der Waals surface area contributed by atoms with Crippen molar-refractivity contribution < 1.29 is 22.6 Å². The van der Waals surface area contributed by atoms with E-state index < -0.39 is 6.36 Å². The molecule has 7 heteroatoms. The average molecular weight is 270 g/mol. The van der Waals surface area contributed by atoms with Gasteiger partial charge in [0.2, 0.25) is 0 Å². The molecule has 0 saturated carbocycles. The molecule has 4 nitrogen and oxygen atoms in total. The first-order valence-corrected chi connectivity index (χ1v) is 6.26. The summed E-state index contributed by atoms with van der Waals surface area (Å²) in [5.74, 6) is 0. The van der Waals surface area contributed by atoms with Gasteiger partial charge in [-0.1, -0.05) is 0 Å². The third-order valence-electron chi connectivity index (χ3n) is 2.91. The quantitative estimate of drug-likeness (QED) is 0.709.